The summed E-state index contributed by atoms with van der Waals surface area (Å²) in [5.74, 6) is 1.66. The first kappa shape index (κ1) is 20.4. The molecule has 0 fully saturated rings. The Hall–Kier alpha value is -0.630. The summed E-state index contributed by atoms with van der Waals surface area (Å²) in [4.78, 5) is 0. The number of halogens is 2. The zero-order valence-corrected chi connectivity index (χ0v) is 18.0. The number of allylic oxidation sites excluding steroid dienone is 2. The Morgan fingerprint density at radius 3 is 1.52 bits per heavy atom. The van der Waals surface area contributed by atoms with E-state index in [1.165, 1.54) is 22.3 Å². The molecular formula is C20H18Cl2Hf-2. The fourth-order valence-corrected chi connectivity index (χ4v) is 3.69. The van der Waals surface area contributed by atoms with Crippen LogP contribution in [0.25, 0.3) is 12.2 Å². The van der Waals surface area contributed by atoms with Gasteiger partial charge in [0.05, 0.1) is 0 Å². The molecule has 2 aliphatic rings. The summed E-state index contributed by atoms with van der Waals surface area (Å²) in [5, 5.41) is 0. The molecule has 0 amide bonds. The normalized spacial score (nSPS) is 20.6. The average Bonchev–Trinajstić information content (AvgIpc) is 3.11. The van der Waals surface area contributed by atoms with Crippen LogP contribution < -0.4 is 24.8 Å². The van der Waals surface area contributed by atoms with Crippen LogP contribution in [-0.2, 0) is 25.8 Å². The maximum absolute atomic E-state index is 2.38. The van der Waals surface area contributed by atoms with Crippen molar-refractivity contribution in [3.05, 3.63) is 82.9 Å². The van der Waals surface area contributed by atoms with E-state index in [2.05, 4.69) is 79.8 Å². The van der Waals surface area contributed by atoms with E-state index >= 15 is 0 Å². The zero-order valence-electron chi connectivity index (χ0n) is 12.9. The van der Waals surface area contributed by atoms with Gasteiger partial charge < -0.3 is 24.8 Å². The second kappa shape index (κ2) is 8.46. The minimum absolute atomic E-state index is 0. The van der Waals surface area contributed by atoms with Gasteiger partial charge >= 0.3 is 0 Å². The van der Waals surface area contributed by atoms with Gasteiger partial charge in [0.25, 0.3) is 0 Å². The number of hydrogen-bond donors (Lipinski definition) is 0. The first-order valence-electron chi connectivity index (χ1n) is 7.39. The Kier molecular flexibility index (Phi) is 7.51. The molecule has 0 nitrogen and oxygen atoms in total. The first-order valence-corrected chi connectivity index (χ1v) is 7.39. The van der Waals surface area contributed by atoms with Crippen LogP contribution in [0.3, 0.4) is 0 Å². The third-order valence-electron chi connectivity index (χ3n) is 4.81. The summed E-state index contributed by atoms with van der Waals surface area (Å²) in [6.07, 6.45) is 9.32. The maximum Gasteiger partial charge on any atom is 0.00617 e. The molecule has 2 aliphatic carbocycles. The van der Waals surface area contributed by atoms with Crippen molar-refractivity contribution in [1.29, 1.82) is 0 Å². The van der Waals surface area contributed by atoms with E-state index in [-0.39, 0.29) is 50.7 Å². The van der Waals surface area contributed by atoms with Crippen LogP contribution in [0.2, 0.25) is 0 Å². The molecule has 0 aromatic heterocycles. The third-order valence-corrected chi connectivity index (χ3v) is 4.81. The van der Waals surface area contributed by atoms with Crippen LogP contribution >= 0.6 is 0 Å². The molecule has 2 aromatic carbocycles. The molecular weight excluding hydrogens is 490 g/mol. The molecule has 0 spiro atoms. The first-order chi connectivity index (χ1) is 9.84. The van der Waals surface area contributed by atoms with Gasteiger partial charge in [-0.15, -0.1) is 0 Å². The quantitative estimate of drug-likeness (QED) is 0.470. The van der Waals surface area contributed by atoms with Crippen molar-refractivity contribution in [1.82, 2.24) is 0 Å². The van der Waals surface area contributed by atoms with Gasteiger partial charge in [-0.1, -0.05) is 79.8 Å². The summed E-state index contributed by atoms with van der Waals surface area (Å²) >= 11 is 0. The second-order valence-corrected chi connectivity index (χ2v) is 5.89. The van der Waals surface area contributed by atoms with Crippen LogP contribution in [-0.4, -0.2) is 0 Å². The molecule has 0 saturated carbocycles. The van der Waals surface area contributed by atoms with Gasteiger partial charge in [-0.3, -0.25) is 0 Å². The molecule has 0 aliphatic heterocycles. The number of fused-ring (bicyclic) bond motifs is 2. The number of benzene rings is 2. The standard InChI is InChI=1S/C20H18.2ClH.Hf/c1-14(17-12-10-15-6-2-4-8-19(15)17)18-13-11-16-7-3-5-9-20(16)18;;;/h2-14,17-18H,1H3;2*1H;/p-2. The zero-order chi connectivity index (χ0) is 13.5. The van der Waals surface area contributed by atoms with Crippen LogP contribution in [0.5, 0.6) is 0 Å². The van der Waals surface area contributed by atoms with Gasteiger partial charge in [0.2, 0.25) is 0 Å². The van der Waals surface area contributed by atoms with Crippen LogP contribution in [0.15, 0.2) is 60.7 Å². The predicted octanol–water partition coefficient (Wildman–Crippen LogP) is -0.751. The van der Waals surface area contributed by atoms with E-state index in [9.17, 15) is 0 Å². The Morgan fingerprint density at radius 1 is 0.696 bits per heavy atom. The van der Waals surface area contributed by atoms with Crippen molar-refractivity contribution < 1.29 is 50.7 Å². The van der Waals surface area contributed by atoms with Gasteiger partial charge in [0, 0.05) is 37.7 Å². The topological polar surface area (TPSA) is 0 Å². The van der Waals surface area contributed by atoms with Crippen molar-refractivity contribution in [2.45, 2.75) is 18.8 Å². The molecule has 0 saturated heterocycles. The third kappa shape index (κ3) is 3.57. The summed E-state index contributed by atoms with van der Waals surface area (Å²) in [6.45, 7) is 2.38. The van der Waals surface area contributed by atoms with Gasteiger partial charge in [-0.2, -0.15) is 0 Å². The molecule has 0 bridgehead atoms. The SMILES string of the molecule is CC(C1C=Cc2ccccc21)C1C=Cc2ccccc21.[Cl-].[Cl-].[Hf]. The summed E-state index contributed by atoms with van der Waals surface area (Å²) in [7, 11) is 0. The Labute approximate surface area is 169 Å². The van der Waals surface area contributed by atoms with Crippen molar-refractivity contribution in [2.24, 2.45) is 5.92 Å². The summed E-state index contributed by atoms with van der Waals surface area (Å²) in [5.41, 5.74) is 5.75. The maximum atomic E-state index is 2.38. The molecule has 3 heteroatoms. The molecule has 0 heterocycles. The van der Waals surface area contributed by atoms with Gasteiger partial charge in [0.15, 0.2) is 0 Å². The Balaban J connectivity index is 0.000000882. The van der Waals surface area contributed by atoms with Gasteiger partial charge in [-0.25, -0.2) is 0 Å². The number of hydrogen-bond acceptors (Lipinski definition) is 0. The molecule has 23 heavy (non-hydrogen) atoms. The van der Waals surface area contributed by atoms with Crippen molar-refractivity contribution >= 4 is 12.2 Å². The van der Waals surface area contributed by atoms with Crippen molar-refractivity contribution in [3.8, 4) is 0 Å². The van der Waals surface area contributed by atoms with E-state index in [1.807, 2.05) is 0 Å². The van der Waals surface area contributed by atoms with Crippen LogP contribution in [0.1, 0.15) is 41.0 Å². The fourth-order valence-electron chi connectivity index (χ4n) is 3.69. The van der Waals surface area contributed by atoms with E-state index in [4.69, 9.17) is 0 Å². The van der Waals surface area contributed by atoms with Crippen LogP contribution in [0.4, 0.5) is 0 Å². The van der Waals surface area contributed by atoms with E-state index in [1.54, 1.807) is 0 Å². The van der Waals surface area contributed by atoms with Gasteiger partial charge in [-0.05, 0) is 28.2 Å². The summed E-state index contributed by atoms with van der Waals surface area (Å²) < 4.78 is 0. The van der Waals surface area contributed by atoms with Gasteiger partial charge in [0.1, 0.15) is 0 Å². The molecule has 2 aromatic rings. The molecule has 0 N–H and O–H groups in total. The molecule has 0 radical (unpaired) electrons. The van der Waals surface area contributed by atoms with Crippen LogP contribution in [0, 0.1) is 5.92 Å². The second-order valence-electron chi connectivity index (χ2n) is 5.89. The molecule has 4 rings (SSSR count). The monoisotopic (exact) mass is 508 g/mol. The Morgan fingerprint density at radius 2 is 1.09 bits per heavy atom. The minimum Gasteiger partial charge on any atom is -1.00 e. The molecule has 118 valence electrons. The van der Waals surface area contributed by atoms with Crippen molar-refractivity contribution in [2.75, 3.05) is 0 Å². The summed E-state index contributed by atoms with van der Waals surface area (Å²) in [6, 6.07) is 17.6. The Bertz CT molecular complexity index is 660. The van der Waals surface area contributed by atoms with E-state index in [0.717, 1.165) is 0 Å². The predicted molar refractivity (Wildman–Crippen MR) is 85.6 cm³/mol. The number of rotatable bonds is 2. The smallest absolute Gasteiger partial charge is 0.00617 e. The van der Waals surface area contributed by atoms with Crippen molar-refractivity contribution in [3.63, 3.8) is 0 Å². The largest absolute Gasteiger partial charge is 1.00 e. The fraction of sp³-hybridized carbons (Fsp3) is 0.200. The minimum atomic E-state index is 0. The molecule has 2 unspecified atom stereocenters. The van der Waals surface area contributed by atoms with E-state index < -0.39 is 0 Å². The van der Waals surface area contributed by atoms with E-state index in [0.29, 0.717) is 17.8 Å². The molecule has 2 atom stereocenters. The average molecular weight is 508 g/mol.